The summed E-state index contributed by atoms with van der Waals surface area (Å²) in [5.74, 6) is -0.668. The van der Waals surface area contributed by atoms with Gasteiger partial charge in [0.1, 0.15) is 0 Å². The number of carbonyl (C=O) groups is 1. The first-order valence-corrected chi connectivity index (χ1v) is 6.40. The highest BCUT2D eigenvalue weighted by molar-refractivity contribution is 9.09. The number of carboxylic acid groups (broad SMARTS) is 1. The van der Waals surface area contributed by atoms with Gasteiger partial charge in [0.25, 0.3) is 0 Å². The average molecular weight is 265 g/mol. The van der Waals surface area contributed by atoms with Crippen LogP contribution in [-0.4, -0.2) is 15.9 Å². The number of aliphatic carboxylic acids is 1. The van der Waals surface area contributed by atoms with Crippen LogP contribution in [0, 0.1) is 0 Å². The van der Waals surface area contributed by atoms with Crippen LogP contribution >= 0.6 is 15.9 Å². The topological polar surface area (TPSA) is 37.3 Å². The van der Waals surface area contributed by atoms with Crippen molar-refractivity contribution in [1.29, 1.82) is 0 Å². The Balaban J connectivity index is 2.96. The fourth-order valence-electron chi connectivity index (χ4n) is 1.41. The van der Waals surface area contributed by atoms with E-state index < -0.39 is 5.97 Å². The van der Waals surface area contributed by atoms with E-state index in [2.05, 4.69) is 22.9 Å². The molecule has 0 fully saturated rings. The molecule has 0 aliphatic heterocycles. The van der Waals surface area contributed by atoms with E-state index in [1.54, 1.807) is 0 Å². The Morgan fingerprint density at radius 1 is 1.14 bits per heavy atom. The molecule has 1 atom stereocenters. The van der Waals surface area contributed by atoms with Crippen LogP contribution in [0.4, 0.5) is 0 Å². The minimum absolute atomic E-state index is 0.332. The molecule has 0 radical (unpaired) electrons. The summed E-state index contributed by atoms with van der Waals surface area (Å²) in [5, 5.41) is 8.41. The van der Waals surface area contributed by atoms with Crippen LogP contribution in [0.25, 0.3) is 0 Å². The number of carboxylic acids is 1. The highest BCUT2D eigenvalue weighted by atomic mass is 79.9. The lowest BCUT2D eigenvalue weighted by Gasteiger charge is -2.02. The molecule has 0 aromatic carbocycles. The van der Waals surface area contributed by atoms with Crippen molar-refractivity contribution in [2.45, 2.75) is 63.1 Å². The Kier molecular flexibility index (Phi) is 9.47. The number of rotatable bonds is 9. The molecule has 0 amide bonds. The van der Waals surface area contributed by atoms with E-state index in [1.807, 2.05) is 0 Å². The molecule has 0 aromatic heterocycles. The number of halogens is 1. The third-order valence-corrected chi connectivity index (χ3v) is 2.70. The van der Waals surface area contributed by atoms with Gasteiger partial charge in [-0.1, -0.05) is 55.0 Å². The second-order valence-electron chi connectivity index (χ2n) is 3.83. The van der Waals surface area contributed by atoms with Gasteiger partial charge in [-0.05, 0) is 12.8 Å². The summed E-state index contributed by atoms with van der Waals surface area (Å²) in [6.45, 7) is 2.17. The summed E-state index contributed by atoms with van der Waals surface area (Å²) < 4.78 is 0. The molecule has 0 spiro atoms. The summed E-state index contributed by atoms with van der Waals surface area (Å²) in [7, 11) is 0. The summed E-state index contributed by atoms with van der Waals surface area (Å²) in [5.41, 5.74) is 0. The molecule has 84 valence electrons. The van der Waals surface area contributed by atoms with Gasteiger partial charge in [0.2, 0.25) is 0 Å². The van der Waals surface area contributed by atoms with Gasteiger partial charge in [0, 0.05) is 11.2 Å². The summed E-state index contributed by atoms with van der Waals surface area (Å²) in [4.78, 5) is 10.8. The molecule has 0 aliphatic carbocycles. The molecular weight excluding hydrogens is 244 g/mol. The van der Waals surface area contributed by atoms with Gasteiger partial charge >= 0.3 is 5.97 Å². The average Bonchev–Trinajstić information content (AvgIpc) is 2.08. The predicted molar refractivity (Wildman–Crippen MR) is 63.0 cm³/mol. The van der Waals surface area contributed by atoms with Gasteiger partial charge in [-0.3, -0.25) is 4.79 Å². The van der Waals surface area contributed by atoms with Crippen molar-refractivity contribution in [2.75, 3.05) is 0 Å². The van der Waals surface area contributed by atoms with E-state index >= 15 is 0 Å². The second-order valence-corrected chi connectivity index (χ2v) is 5.40. The largest absolute Gasteiger partial charge is 0.481 e. The highest BCUT2D eigenvalue weighted by Gasteiger charge is 1.97. The van der Waals surface area contributed by atoms with Gasteiger partial charge in [0.05, 0.1) is 0 Å². The Morgan fingerprint density at radius 3 is 2.14 bits per heavy atom. The maximum atomic E-state index is 10.2. The van der Waals surface area contributed by atoms with Gasteiger partial charge in [-0.15, -0.1) is 0 Å². The van der Waals surface area contributed by atoms with Crippen LogP contribution in [0.15, 0.2) is 0 Å². The van der Waals surface area contributed by atoms with E-state index in [0.717, 1.165) is 12.8 Å². The Labute approximate surface area is 95.2 Å². The summed E-state index contributed by atoms with van der Waals surface area (Å²) in [6, 6.07) is 0. The molecule has 1 unspecified atom stereocenters. The van der Waals surface area contributed by atoms with Crippen molar-refractivity contribution in [3.05, 3.63) is 0 Å². The summed E-state index contributed by atoms with van der Waals surface area (Å²) >= 11 is 3.52. The minimum Gasteiger partial charge on any atom is -0.481 e. The molecule has 0 aliphatic rings. The zero-order valence-electron chi connectivity index (χ0n) is 8.97. The van der Waals surface area contributed by atoms with Crippen molar-refractivity contribution >= 4 is 21.9 Å². The van der Waals surface area contributed by atoms with E-state index in [0.29, 0.717) is 11.2 Å². The van der Waals surface area contributed by atoms with Crippen LogP contribution in [0.1, 0.15) is 58.3 Å². The zero-order chi connectivity index (χ0) is 10.8. The predicted octanol–water partition coefficient (Wildman–Crippen LogP) is 3.98. The monoisotopic (exact) mass is 264 g/mol. The molecule has 0 bridgehead atoms. The lowest BCUT2D eigenvalue weighted by Crippen LogP contribution is -1.93. The van der Waals surface area contributed by atoms with Gasteiger partial charge in [-0.2, -0.15) is 0 Å². The number of hydrogen-bond donors (Lipinski definition) is 1. The molecule has 3 heteroatoms. The molecular formula is C11H21BrO2. The number of unbranched alkanes of at least 4 members (excludes halogenated alkanes) is 5. The van der Waals surface area contributed by atoms with E-state index in [1.165, 1.54) is 32.1 Å². The van der Waals surface area contributed by atoms with E-state index in [-0.39, 0.29) is 0 Å². The third kappa shape index (κ3) is 11.9. The molecule has 0 rings (SSSR count). The van der Waals surface area contributed by atoms with Crippen LogP contribution in [0.5, 0.6) is 0 Å². The molecule has 0 aromatic rings. The Morgan fingerprint density at radius 2 is 1.64 bits per heavy atom. The maximum absolute atomic E-state index is 10.2. The molecule has 1 N–H and O–H groups in total. The molecule has 0 saturated carbocycles. The quantitative estimate of drug-likeness (QED) is 0.506. The SMILES string of the molecule is CC(Br)CCCCCCCCC(=O)O. The Hall–Kier alpha value is -0.0500. The van der Waals surface area contributed by atoms with Crippen LogP contribution in [0.2, 0.25) is 0 Å². The van der Waals surface area contributed by atoms with Crippen LogP contribution in [-0.2, 0) is 4.79 Å². The van der Waals surface area contributed by atoms with E-state index in [9.17, 15) is 4.79 Å². The first-order chi connectivity index (χ1) is 6.63. The van der Waals surface area contributed by atoms with Crippen molar-refractivity contribution in [2.24, 2.45) is 0 Å². The smallest absolute Gasteiger partial charge is 0.303 e. The van der Waals surface area contributed by atoms with Crippen molar-refractivity contribution in [3.63, 3.8) is 0 Å². The lowest BCUT2D eigenvalue weighted by atomic mass is 10.1. The number of hydrogen-bond acceptors (Lipinski definition) is 1. The van der Waals surface area contributed by atoms with Crippen molar-refractivity contribution in [3.8, 4) is 0 Å². The first kappa shape index (κ1) is 13.9. The molecule has 0 heterocycles. The standard InChI is InChI=1S/C11H21BrO2/c1-10(12)8-6-4-2-3-5-7-9-11(13)14/h10H,2-9H2,1H3,(H,13,14). The molecule has 14 heavy (non-hydrogen) atoms. The Bertz CT molecular complexity index is 146. The van der Waals surface area contributed by atoms with Crippen LogP contribution < -0.4 is 0 Å². The molecule has 0 saturated heterocycles. The van der Waals surface area contributed by atoms with Gasteiger partial charge in [-0.25, -0.2) is 0 Å². The molecule has 2 nitrogen and oxygen atoms in total. The minimum atomic E-state index is -0.668. The maximum Gasteiger partial charge on any atom is 0.303 e. The lowest BCUT2D eigenvalue weighted by molar-refractivity contribution is -0.137. The zero-order valence-corrected chi connectivity index (χ0v) is 10.6. The summed E-state index contributed by atoms with van der Waals surface area (Å²) in [6.07, 6.45) is 8.48. The highest BCUT2D eigenvalue weighted by Crippen LogP contribution is 2.12. The van der Waals surface area contributed by atoms with Crippen LogP contribution in [0.3, 0.4) is 0 Å². The normalized spacial score (nSPS) is 12.7. The first-order valence-electron chi connectivity index (χ1n) is 5.49. The van der Waals surface area contributed by atoms with Crippen molar-refractivity contribution in [1.82, 2.24) is 0 Å². The van der Waals surface area contributed by atoms with Gasteiger partial charge < -0.3 is 5.11 Å². The fourth-order valence-corrected chi connectivity index (χ4v) is 1.73. The van der Waals surface area contributed by atoms with Gasteiger partial charge in [0.15, 0.2) is 0 Å². The fraction of sp³-hybridized carbons (Fsp3) is 0.909. The third-order valence-electron chi connectivity index (χ3n) is 2.24. The number of alkyl halides is 1. The van der Waals surface area contributed by atoms with Crippen molar-refractivity contribution < 1.29 is 9.90 Å². The van der Waals surface area contributed by atoms with E-state index in [4.69, 9.17) is 5.11 Å². The second kappa shape index (κ2) is 9.50.